The van der Waals surface area contributed by atoms with E-state index in [2.05, 4.69) is 30.0 Å². The number of ether oxygens (including phenoxy) is 1. The molecule has 1 saturated heterocycles. The smallest absolute Gasteiger partial charge is 0.122 e. The van der Waals surface area contributed by atoms with Crippen LogP contribution in [-0.4, -0.2) is 31.6 Å². The van der Waals surface area contributed by atoms with Gasteiger partial charge in [0.2, 0.25) is 0 Å². The fraction of sp³-hybridized carbons (Fsp3) is 0.625. The second kappa shape index (κ2) is 4.93. The lowest BCUT2D eigenvalue weighted by atomic mass is 9.85. The van der Waals surface area contributed by atoms with Gasteiger partial charge in [-0.3, -0.25) is 0 Å². The van der Waals surface area contributed by atoms with E-state index in [1.807, 2.05) is 0 Å². The largest absolute Gasteiger partial charge is 0.496 e. The van der Waals surface area contributed by atoms with E-state index in [4.69, 9.17) is 4.74 Å². The molecule has 2 atom stereocenters. The average Bonchev–Trinajstić information content (AvgIpc) is 2.76. The minimum atomic E-state index is 0.740. The molecule has 0 aromatic heterocycles. The molecule has 1 aliphatic heterocycles. The maximum Gasteiger partial charge on any atom is 0.122 e. The van der Waals surface area contributed by atoms with E-state index >= 15 is 0 Å². The van der Waals surface area contributed by atoms with Gasteiger partial charge >= 0.3 is 0 Å². The molecule has 0 N–H and O–H groups in total. The summed E-state index contributed by atoms with van der Waals surface area (Å²) in [6.07, 6.45) is 3.82. The number of piperidine rings is 1. The third kappa shape index (κ3) is 1.93. The molecule has 1 heterocycles. The van der Waals surface area contributed by atoms with Crippen LogP contribution in [0, 0.1) is 5.92 Å². The number of fused-ring (bicyclic) bond motifs is 3. The summed E-state index contributed by atoms with van der Waals surface area (Å²) in [7, 11) is 1.80. The first-order chi connectivity index (χ1) is 8.83. The summed E-state index contributed by atoms with van der Waals surface area (Å²) in [5.74, 6) is 2.67. The SMILES string of the molecule is CCCN1CC[C@H]2c3c(cccc3OC)C[C@H]2C1. The van der Waals surface area contributed by atoms with Crippen LogP contribution in [0.1, 0.15) is 36.8 Å². The zero-order valence-corrected chi connectivity index (χ0v) is 11.5. The van der Waals surface area contributed by atoms with Crippen LogP contribution in [0.2, 0.25) is 0 Å². The monoisotopic (exact) mass is 245 g/mol. The predicted octanol–water partition coefficient (Wildman–Crippen LogP) is 3.07. The highest BCUT2D eigenvalue weighted by atomic mass is 16.5. The molecule has 0 unspecified atom stereocenters. The molecule has 3 rings (SSSR count). The summed E-state index contributed by atoms with van der Waals surface area (Å²) >= 11 is 0. The molecule has 2 aliphatic rings. The van der Waals surface area contributed by atoms with Gasteiger partial charge in [-0.25, -0.2) is 0 Å². The van der Waals surface area contributed by atoms with Crippen molar-refractivity contribution in [2.24, 2.45) is 5.92 Å². The standard InChI is InChI=1S/C16H23NO/c1-3-8-17-9-7-14-13(11-17)10-12-5-4-6-15(18-2)16(12)14/h4-6,13-14H,3,7-11H2,1-2H3/t13-,14+/m0/s1. The molecule has 2 nitrogen and oxygen atoms in total. The van der Waals surface area contributed by atoms with Gasteiger partial charge < -0.3 is 9.64 Å². The van der Waals surface area contributed by atoms with Crippen LogP contribution in [0.4, 0.5) is 0 Å². The molecule has 0 saturated carbocycles. The second-order valence-corrected chi connectivity index (χ2v) is 5.69. The quantitative estimate of drug-likeness (QED) is 0.811. The third-order valence-electron chi connectivity index (χ3n) is 4.59. The van der Waals surface area contributed by atoms with Crippen LogP contribution in [-0.2, 0) is 6.42 Å². The lowest BCUT2D eigenvalue weighted by Gasteiger charge is -2.35. The van der Waals surface area contributed by atoms with Crippen molar-refractivity contribution in [1.29, 1.82) is 0 Å². The van der Waals surface area contributed by atoms with Crippen LogP contribution in [0.15, 0.2) is 18.2 Å². The Morgan fingerprint density at radius 2 is 2.28 bits per heavy atom. The van der Waals surface area contributed by atoms with Gasteiger partial charge in [0.05, 0.1) is 7.11 Å². The lowest BCUT2D eigenvalue weighted by Crippen LogP contribution is -2.38. The number of likely N-dealkylation sites (tertiary alicyclic amines) is 1. The third-order valence-corrected chi connectivity index (χ3v) is 4.59. The normalized spacial score (nSPS) is 26.8. The molecule has 98 valence electrons. The van der Waals surface area contributed by atoms with E-state index < -0.39 is 0 Å². The summed E-state index contributed by atoms with van der Waals surface area (Å²) in [6, 6.07) is 6.55. The Kier molecular flexibility index (Phi) is 3.29. The highest BCUT2D eigenvalue weighted by Crippen LogP contribution is 2.46. The Morgan fingerprint density at radius 1 is 1.39 bits per heavy atom. The Balaban J connectivity index is 1.83. The summed E-state index contributed by atoms with van der Waals surface area (Å²) in [4.78, 5) is 2.64. The zero-order valence-electron chi connectivity index (χ0n) is 11.5. The van der Waals surface area contributed by atoms with Gasteiger partial charge in [0.25, 0.3) is 0 Å². The molecule has 1 fully saturated rings. The highest BCUT2D eigenvalue weighted by Gasteiger charge is 2.38. The maximum atomic E-state index is 5.57. The zero-order chi connectivity index (χ0) is 12.5. The van der Waals surface area contributed by atoms with Crippen molar-refractivity contribution >= 4 is 0 Å². The van der Waals surface area contributed by atoms with E-state index in [1.165, 1.54) is 50.0 Å². The first-order valence-electron chi connectivity index (χ1n) is 7.21. The molecule has 1 aliphatic carbocycles. The molecular weight excluding hydrogens is 222 g/mol. The number of nitrogens with zero attached hydrogens (tertiary/aromatic N) is 1. The minimum absolute atomic E-state index is 0.740. The molecular formula is C16H23NO. The molecule has 0 spiro atoms. The van der Waals surface area contributed by atoms with Gasteiger partial charge in [-0.2, -0.15) is 0 Å². The van der Waals surface area contributed by atoms with Crippen LogP contribution in [0.5, 0.6) is 5.75 Å². The highest BCUT2D eigenvalue weighted by molar-refractivity contribution is 5.47. The van der Waals surface area contributed by atoms with Gasteiger partial charge in [0.15, 0.2) is 0 Å². The van der Waals surface area contributed by atoms with Gasteiger partial charge in [-0.1, -0.05) is 19.1 Å². The van der Waals surface area contributed by atoms with E-state index in [1.54, 1.807) is 7.11 Å². The molecule has 0 radical (unpaired) electrons. The first kappa shape index (κ1) is 12.0. The van der Waals surface area contributed by atoms with Crippen LogP contribution >= 0.6 is 0 Å². The van der Waals surface area contributed by atoms with Crippen molar-refractivity contribution < 1.29 is 4.74 Å². The van der Waals surface area contributed by atoms with E-state index in [0.29, 0.717) is 0 Å². The van der Waals surface area contributed by atoms with Crippen molar-refractivity contribution in [3.05, 3.63) is 29.3 Å². The van der Waals surface area contributed by atoms with E-state index in [0.717, 1.165) is 17.6 Å². The number of hydrogen-bond acceptors (Lipinski definition) is 2. The van der Waals surface area contributed by atoms with Gasteiger partial charge in [0.1, 0.15) is 5.75 Å². The van der Waals surface area contributed by atoms with E-state index in [-0.39, 0.29) is 0 Å². The summed E-state index contributed by atoms with van der Waals surface area (Å²) < 4.78 is 5.57. The molecule has 0 amide bonds. The number of benzene rings is 1. The minimum Gasteiger partial charge on any atom is -0.496 e. The molecule has 18 heavy (non-hydrogen) atoms. The predicted molar refractivity (Wildman–Crippen MR) is 74.3 cm³/mol. The van der Waals surface area contributed by atoms with Crippen LogP contribution < -0.4 is 4.74 Å². The lowest BCUT2D eigenvalue weighted by molar-refractivity contribution is 0.162. The van der Waals surface area contributed by atoms with Crippen molar-refractivity contribution in [2.45, 2.75) is 32.1 Å². The molecule has 0 bridgehead atoms. The fourth-order valence-electron chi connectivity index (χ4n) is 3.86. The summed E-state index contributed by atoms with van der Waals surface area (Å²) in [5.41, 5.74) is 3.05. The first-order valence-corrected chi connectivity index (χ1v) is 7.21. The number of rotatable bonds is 3. The Morgan fingerprint density at radius 3 is 3.06 bits per heavy atom. The number of methoxy groups -OCH3 is 1. The summed E-state index contributed by atoms with van der Waals surface area (Å²) in [5, 5.41) is 0. The second-order valence-electron chi connectivity index (χ2n) is 5.69. The van der Waals surface area contributed by atoms with Crippen LogP contribution in [0.25, 0.3) is 0 Å². The summed E-state index contributed by atoms with van der Waals surface area (Å²) in [6.45, 7) is 6.07. The van der Waals surface area contributed by atoms with Gasteiger partial charge in [0, 0.05) is 12.1 Å². The Labute approximate surface area is 110 Å². The van der Waals surface area contributed by atoms with Crippen molar-refractivity contribution in [3.8, 4) is 5.75 Å². The topological polar surface area (TPSA) is 12.5 Å². The van der Waals surface area contributed by atoms with Gasteiger partial charge in [-0.15, -0.1) is 0 Å². The Bertz CT molecular complexity index is 429. The van der Waals surface area contributed by atoms with E-state index in [9.17, 15) is 0 Å². The van der Waals surface area contributed by atoms with Gasteiger partial charge in [-0.05, 0) is 55.8 Å². The number of hydrogen-bond donors (Lipinski definition) is 0. The van der Waals surface area contributed by atoms with Crippen molar-refractivity contribution in [2.75, 3.05) is 26.7 Å². The van der Waals surface area contributed by atoms with Crippen molar-refractivity contribution in [1.82, 2.24) is 4.90 Å². The van der Waals surface area contributed by atoms with Crippen molar-refractivity contribution in [3.63, 3.8) is 0 Å². The fourth-order valence-corrected chi connectivity index (χ4v) is 3.86. The van der Waals surface area contributed by atoms with Crippen LogP contribution in [0.3, 0.4) is 0 Å². The average molecular weight is 245 g/mol. The molecule has 2 heteroatoms. The molecule has 1 aromatic carbocycles. The molecule has 1 aromatic rings. The Hall–Kier alpha value is -1.02. The maximum absolute atomic E-state index is 5.57.